The Morgan fingerprint density at radius 1 is 1.58 bits per heavy atom. The highest BCUT2D eigenvalue weighted by Gasteiger charge is 2.20. The Kier molecular flexibility index (Phi) is 4.28. The summed E-state index contributed by atoms with van der Waals surface area (Å²) in [7, 11) is 0. The summed E-state index contributed by atoms with van der Waals surface area (Å²) >= 11 is 0. The van der Waals surface area contributed by atoms with Gasteiger partial charge in [0, 0.05) is 0 Å². The predicted octanol–water partition coefficient (Wildman–Crippen LogP) is -0.260. The molecule has 0 aromatic heterocycles. The molecule has 2 unspecified atom stereocenters. The fourth-order valence-electron chi connectivity index (χ4n) is 0.669. The molecule has 0 spiro atoms. The second-order valence-electron chi connectivity index (χ2n) is 2.42. The third-order valence-corrected chi connectivity index (χ3v) is 1.40. The van der Waals surface area contributed by atoms with E-state index in [2.05, 4.69) is 0 Å². The summed E-state index contributed by atoms with van der Waals surface area (Å²) < 4.78 is 4.85. The molecule has 5 nitrogen and oxygen atoms in total. The van der Waals surface area contributed by atoms with Crippen LogP contribution in [0.15, 0.2) is 0 Å². The lowest BCUT2D eigenvalue weighted by atomic mass is 10.2. The summed E-state index contributed by atoms with van der Waals surface area (Å²) in [5.74, 6) is -1.74. The van der Waals surface area contributed by atoms with Crippen LogP contribution in [-0.4, -0.2) is 29.2 Å². The smallest absolute Gasteiger partial charge is 0.332 e. The van der Waals surface area contributed by atoms with Gasteiger partial charge >= 0.3 is 5.97 Å². The van der Waals surface area contributed by atoms with Crippen LogP contribution in [0.4, 0.5) is 0 Å². The molecular weight excluding hydrogens is 162 g/mol. The van der Waals surface area contributed by atoms with Crippen molar-refractivity contribution in [3.63, 3.8) is 0 Å². The second-order valence-corrected chi connectivity index (χ2v) is 2.42. The number of carboxylic acids is 1. The van der Waals surface area contributed by atoms with Gasteiger partial charge in [-0.15, -0.1) is 0 Å². The van der Waals surface area contributed by atoms with Crippen molar-refractivity contribution in [1.29, 1.82) is 0 Å². The fraction of sp³-hybridized carbons (Fsp3) is 0.714. The van der Waals surface area contributed by atoms with Crippen molar-refractivity contribution in [3.05, 3.63) is 0 Å². The third kappa shape index (κ3) is 3.34. The molecule has 0 aromatic carbocycles. The highest BCUT2D eigenvalue weighted by Crippen LogP contribution is 2.01. The topological polar surface area (TPSA) is 89.6 Å². The molecule has 0 aliphatic carbocycles. The largest absolute Gasteiger partial charge is 0.479 e. The van der Waals surface area contributed by atoms with E-state index in [-0.39, 0.29) is 0 Å². The standard InChI is InChI=1S/C7H13NO4/c1-3-5(6(8)9)12-4(2)7(10)11/h4-5H,3H2,1-2H3,(H2,8,9)(H,10,11). The Bertz CT molecular complexity index is 180. The van der Waals surface area contributed by atoms with Gasteiger partial charge in [-0.3, -0.25) is 4.79 Å². The highest BCUT2D eigenvalue weighted by molar-refractivity contribution is 5.79. The third-order valence-electron chi connectivity index (χ3n) is 1.40. The number of nitrogens with two attached hydrogens (primary N) is 1. The minimum atomic E-state index is -1.10. The molecule has 12 heavy (non-hydrogen) atoms. The van der Waals surface area contributed by atoms with Gasteiger partial charge < -0.3 is 15.6 Å². The maximum Gasteiger partial charge on any atom is 0.332 e. The molecule has 0 saturated heterocycles. The number of aliphatic carboxylic acids is 1. The number of carbonyl (C=O) groups excluding carboxylic acids is 1. The van der Waals surface area contributed by atoms with E-state index in [4.69, 9.17) is 15.6 Å². The lowest BCUT2D eigenvalue weighted by molar-refractivity contribution is -0.155. The maximum atomic E-state index is 10.6. The first-order valence-corrected chi connectivity index (χ1v) is 3.66. The van der Waals surface area contributed by atoms with Crippen LogP contribution in [0.2, 0.25) is 0 Å². The Balaban J connectivity index is 4.02. The molecule has 1 amide bonds. The predicted molar refractivity (Wildman–Crippen MR) is 41.5 cm³/mol. The molecule has 0 saturated carbocycles. The Morgan fingerprint density at radius 3 is 2.33 bits per heavy atom. The molecule has 0 rings (SSSR count). The van der Waals surface area contributed by atoms with E-state index in [1.807, 2.05) is 0 Å². The molecule has 3 N–H and O–H groups in total. The summed E-state index contributed by atoms with van der Waals surface area (Å²) in [4.78, 5) is 20.9. The summed E-state index contributed by atoms with van der Waals surface area (Å²) in [6, 6.07) is 0. The fourth-order valence-corrected chi connectivity index (χ4v) is 0.669. The van der Waals surface area contributed by atoms with E-state index in [1.54, 1.807) is 6.92 Å². The number of amides is 1. The summed E-state index contributed by atoms with van der Waals surface area (Å²) in [5, 5.41) is 8.43. The first-order valence-electron chi connectivity index (χ1n) is 3.66. The lowest BCUT2D eigenvalue weighted by Crippen LogP contribution is -2.35. The Morgan fingerprint density at radius 2 is 2.08 bits per heavy atom. The van der Waals surface area contributed by atoms with Gasteiger partial charge in [0.25, 0.3) is 0 Å². The van der Waals surface area contributed by atoms with E-state index in [9.17, 15) is 9.59 Å². The van der Waals surface area contributed by atoms with Crippen molar-refractivity contribution in [3.8, 4) is 0 Å². The van der Waals surface area contributed by atoms with Gasteiger partial charge in [0.05, 0.1) is 0 Å². The Labute approximate surface area is 70.5 Å². The van der Waals surface area contributed by atoms with Gasteiger partial charge in [0.2, 0.25) is 5.91 Å². The van der Waals surface area contributed by atoms with Gasteiger partial charge in [0.15, 0.2) is 6.10 Å². The number of hydrogen-bond donors (Lipinski definition) is 2. The van der Waals surface area contributed by atoms with Crippen LogP contribution in [0.3, 0.4) is 0 Å². The first-order chi connectivity index (χ1) is 5.49. The summed E-state index contributed by atoms with van der Waals surface area (Å²) in [6.07, 6.45) is -1.43. The molecule has 70 valence electrons. The van der Waals surface area contributed by atoms with Gasteiger partial charge in [-0.1, -0.05) is 6.92 Å². The van der Waals surface area contributed by atoms with E-state index in [1.165, 1.54) is 6.92 Å². The zero-order valence-electron chi connectivity index (χ0n) is 7.11. The average Bonchev–Trinajstić information content (AvgIpc) is 1.98. The molecular formula is C7H13NO4. The van der Waals surface area contributed by atoms with Crippen molar-refractivity contribution in [1.82, 2.24) is 0 Å². The van der Waals surface area contributed by atoms with Crippen LogP contribution >= 0.6 is 0 Å². The Hall–Kier alpha value is -1.10. The first kappa shape index (κ1) is 10.9. The number of carbonyl (C=O) groups is 2. The molecule has 0 aliphatic rings. The average molecular weight is 175 g/mol. The quantitative estimate of drug-likeness (QED) is 0.602. The number of hydrogen-bond acceptors (Lipinski definition) is 3. The van der Waals surface area contributed by atoms with Gasteiger partial charge in [-0.05, 0) is 13.3 Å². The summed E-state index contributed by atoms with van der Waals surface area (Å²) in [6.45, 7) is 3.05. The summed E-state index contributed by atoms with van der Waals surface area (Å²) in [5.41, 5.74) is 4.94. The monoisotopic (exact) mass is 175 g/mol. The van der Waals surface area contributed by atoms with Crippen LogP contribution in [0, 0.1) is 0 Å². The van der Waals surface area contributed by atoms with Crippen LogP contribution in [0.25, 0.3) is 0 Å². The zero-order valence-corrected chi connectivity index (χ0v) is 7.11. The maximum absolute atomic E-state index is 10.6. The van der Waals surface area contributed by atoms with Gasteiger partial charge in [0.1, 0.15) is 6.10 Å². The lowest BCUT2D eigenvalue weighted by Gasteiger charge is -2.15. The molecule has 0 bridgehead atoms. The van der Waals surface area contributed by atoms with E-state index in [0.29, 0.717) is 6.42 Å². The molecule has 0 aromatic rings. The van der Waals surface area contributed by atoms with Crippen molar-refractivity contribution < 1.29 is 19.4 Å². The molecule has 0 heterocycles. The van der Waals surface area contributed by atoms with Crippen molar-refractivity contribution >= 4 is 11.9 Å². The minimum Gasteiger partial charge on any atom is -0.479 e. The van der Waals surface area contributed by atoms with Crippen molar-refractivity contribution in [2.75, 3.05) is 0 Å². The van der Waals surface area contributed by atoms with Crippen LogP contribution in [0.5, 0.6) is 0 Å². The van der Waals surface area contributed by atoms with Crippen molar-refractivity contribution in [2.45, 2.75) is 32.5 Å². The van der Waals surface area contributed by atoms with Crippen molar-refractivity contribution in [2.24, 2.45) is 5.73 Å². The minimum absolute atomic E-state index is 0.382. The zero-order chi connectivity index (χ0) is 9.72. The molecule has 0 fully saturated rings. The SMILES string of the molecule is CCC(OC(C)C(=O)O)C(N)=O. The van der Waals surface area contributed by atoms with E-state index < -0.39 is 24.1 Å². The molecule has 0 radical (unpaired) electrons. The van der Waals surface area contributed by atoms with Crippen LogP contribution in [0.1, 0.15) is 20.3 Å². The molecule has 5 heteroatoms. The van der Waals surface area contributed by atoms with Crippen LogP contribution < -0.4 is 5.73 Å². The number of carboxylic acid groups (broad SMARTS) is 1. The molecule has 2 atom stereocenters. The normalized spacial score (nSPS) is 15.2. The number of ether oxygens (including phenoxy) is 1. The number of primary amides is 1. The van der Waals surface area contributed by atoms with E-state index in [0.717, 1.165) is 0 Å². The number of rotatable bonds is 5. The second kappa shape index (κ2) is 4.71. The molecule has 0 aliphatic heterocycles. The van der Waals surface area contributed by atoms with Crippen LogP contribution in [-0.2, 0) is 14.3 Å². The van der Waals surface area contributed by atoms with Gasteiger partial charge in [-0.2, -0.15) is 0 Å². The van der Waals surface area contributed by atoms with Gasteiger partial charge in [-0.25, -0.2) is 4.79 Å². The highest BCUT2D eigenvalue weighted by atomic mass is 16.5. The van der Waals surface area contributed by atoms with E-state index >= 15 is 0 Å².